The second-order valence-electron chi connectivity index (χ2n) is 8.65. The third kappa shape index (κ3) is 6.01. The molecule has 4 rings (SSSR count). The molecule has 13 heteroatoms. The number of halogens is 2. The third-order valence-corrected chi connectivity index (χ3v) is 6.54. The lowest BCUT2D eigenvalue weighted by molar-refractivity contribution is -0.384. The van der Waals surface area contributed by atoms with Crippen molar-refractivity contribution in [1.29, 1.82) is 0 Å². The molecule has 0 atom stereocenters. The summed E-state index contributed by atoms with van der Waals surface area (Å²) in [5, 5.41) is 15.0. The predicted octanol–water partition coefficient (Wildman–Crippen LogP) is 3.77. The molecule has 1 amide bonds. The van der Waals surface area contributed by atoms with Crippen molar-refractivity contribution in [2.24, 2.45) is 0 Å². The molecular formula is C24H26Cl2N8O3. The lowest BCUT2D eigenvalue weighted by atomic mass is 10.1. The van der Waals surface area contributed by atoms with Crippen LogP contribution in [0.5, 0.6) is 0 Å². The van der Waals surface area contributed by atoms with Crippen molar-refractivity contribution in [3.63, 3.8) is 0 Å². The van der Waals surface area contributed by atoms with Gasteiger partial charge in [0.05, 0.1) is 27.9 Å². The van der Waals surface area contributed by atoms with Crippen LogP contribution in [0.25, 0.3) is 11.3 Å². The minimum absolute atomic E-state index is 0.0120. The Bertz CT molecular complexity index is 1340. The number of anilines is 4. The Morgan fingerprint density at radius 1 is 1.16 bits per heavy atom. The van der Waals surface area contributed by atoms with Crippen molar-refractivity contribution in [3.05, 3.63) is 62.6 Å². The van der Waals surface area contributed by atoms with Gasteiger partial charge in [-0.3, -0.25) is 19.8 Å². The van der Waals surface area contributed by atoms with Crippen molar-refractivity contribution in [1.82, 2.24) is 14.9 Å². The van der Waals surface area contributed by atoms with Crippen LogP contribution in [0.4, 0.5) is 28.8 Å². The number of carbonyl (C=O) groups is 1. The molecule has 1 aliphatic heterocycles. The van der Waals surface area contributed by atoms with Crippen molar-refractivity contribution in [3.8, 4) is 11.3 Å². The highest BCUT2D eigenvalue weighted by Gasteiger charge is 2.27. The van der Waals surface area contributed by atoms with Gasteiger partial charge in [0.25, 0.3) is 0 Å². The van der Waals surface area contributed by atoms with E-state index in [0.717, 1.165) is 6.54 Å². The quantitative estimate of drug-likeness (QED) is 0.321. The van der Waals surface area contributed by atoms with E-state index in [1.165, 1.54) is 12.1 Å². The van der Waals surface area contributed by atoms with Crippen LogP contribution in [0, 0.1) is 10.1 Å². The molecule has 0 saturated carbocycles. The molecule has 0 spiro atoms. The summed E-state index contributed by atoms with van der Waals surface area (Å²) >= 11 is 12.7. The molecule has 1 fully saturated rings. The van der Waals surface area contributed by atoms with Gasteiger partial charge < -0.3 is 20.9 Å². The van der Waals surface area contributed by atoms with Crippen molar-refractivity contribution >= 4 is 57.9 Å². The number of nitrogen functional groups attached to an aromatic ring is 1. The summed E-state index contributed by atoms with van der Waals surface area (Å²) in [7, 11) is 3.80. The van der Waals surface area contributed by atoms with Crippen LogP contribution in [0.3, 0.4) is 0 Å². The van der Waals surface area contributed by atoms with E-state index in [2.05, 4.69) is 10.3 Å². The Kier molecular flexibility index (Phi) is 7.96. The highest BCUT2D eigenvalue weighted by atomic mass is 35.5. The zero-order valence-electron chi connectivity index (χ0n) is 20.3. The van der Waals surface area contributed by atoms with Crippen LogP contribution in [0.1, 0.15) is 0 Å². The first-order chi connectivity index (χ1) is 17.6. The average Bonchev–Trinajstić information content (AvgIpc) is 2.84. The molecule has 1 aliphatic rings. The Balaban J connectivity index is 1.56. The molecule has 1 aromatic carbocycles. The van der Waals surface area contributed by atoms with Crippen molar-refractivity contribution in [2.75, 3.05) is 67.7 Å². The standard InChI is InChI=1S/C24H26Cl2N8O3/c1-31-11-12-33(22(35)14-31)18-6-8-21(30-23(18)16-4-3-15(25)13-17(16)26)32(2)10-9-28-20-7-5-19(34(36)37)24(27)29-20/h3-8,13H,9-12,14H2,1-2H3,(H3,27,28,29). The molecule has 3 heterocycles. The van der Waals surface area contributed by atoms with E-state index in [1.807, 2.05) is 36.0 Å². The molecule has 11 nitrogen and oxygen atoms in total. The Morgan fingerprint density at radius 2 is 1.95 bits per heavy atom. The Labute approximate surface area is 223 Å². The van der Waals surface area contributed by atoms with E-state index < -0.39 is 4.92 Å². The fraction of sp³-hybridized carbons (Fsp3) is 0.292. The molecule has 3 aromatic rings. The molecule has 0 aliphatic carbocycles. The molecule has 0 bridgehead atoms. The first-order valence-electron chi connectivity index (χ1n) is 11.5. The van der Waals surface area contributed by atoms with Gasteiger partial charge in [-0.05, 0) is 43.4 Å². The summed E-state index contributed by atoms with van der Waals surface area (Å²) in [6.45, 7) is 2.61. The fourth-order valence-corrected chi connectivity index (χ4v) is 4.48. The van der Waals surface area contributed by atoms with E-state index in [9.17, 15) is 14.9 Å². The highest BCUT2D eigenvalue weighted by Crippen LogP contribution is 2.37. The van der Waals surface area contributed by atoms with Crippen LogP contribution >= 0.6 is 23.2 Å². The first kappa shape index (κ1) is 26.4. The number of nitrogens with two attached hydrogens (primary N) is 1. The predicted molar refractivity (Wildman–Crippen MR) is 147 cm³/mol. The van der Waals surface area contributed by atoms with Crippen LogP contribution in [-0.2, 0) is 4.79 Å². The summed E-state index contributed by atoms with van der Waals surface area (Å²) < 4.78 is 0. The number of hydrogen-bond donors (Lipinski definition) is 2. The number of aromatic nitrogens is 2. The lowest BCUT2D eigenvalue weighted by Crippen LogP contribution is -2.49. The molecule has 0 unspecified atom stereocenters. The number of carbonyl (C=O) groups excluding carboxylic acids is 1. The minimum Gasteiger partial charge on any atom is -0.378 e. The lowest BCUT2D eigenvalue weighted by Gasteiger charge is -2.33. The monoisotopic (exact) mass is 544 g/mol. The largest absolute Gasteiger partial charge is 0.378 e. The van der Waals surface area contributed by atoms with Gasteiger partial charge in [-0.1, -0.05) is 23.2 Å². The topological polar surface area (TPSA) is 134 Å². The van der Waals surface area contributed by atoms with Crippen LogP contribution < -0.4 is 20.9 Å². The highest BCUT2D eigenvalue weighted by molar-refractivity contribution is 6.36. The maximum atomic E-state index is 12.8. The molecule has 3 N–H and O–H groups in total. The first-order valence-corrected chi connectivity index (χ1v) is 12.2. The number of nitrogens with zero attached hydrogens (tertiary/aromatic N) is 6. The number of nitro groups is 1. The summed E-state index contributed by atoms with van der Waals surface area (Å²) in [5.74, 6) is 0.942. The summed E-state index contributed by atoms with van der Waals surface area (Å²) in [6.07, 6.45) is 0. The van der Waals surface area contributed by atoms with Gasteiger partial charge in [0.15, 0.2) is 0 Å². The van der Waals surface area contributed by atoms with Gasteiger partial charge in [-0.15, -0.1) is 0 Å². The fourth-order valence-electron chi connectivity index (χ4n) is 3.98. The zero-order chi connectivity index (χ0) is 26.7. The van der Waals surface area contributed by atoms with Gasteiger partial charge in [0.2, 0.25) is 11.7 Å². The number of rotatable bonds is 8. The molecule has 194 valence electrons. The third-order valence-electron chi connectivity index (χ3n) is 5.99. The number of amides is 1. The number of hydrogen-bond acceptors (Lipinski definition) is 9. The number of pyridine rings is 2. The Morgan fingerprint density at radius 3 is 2.62 bits per heavy atom. The van der Waals surface area contributed by atoms with E-state index in [1.54, 1.807) is 23.1 Å². The zero-order valence-corrected chi connectivity index (χ0v) is 21.8. The van der Waals surface area contributed by atoms with Gasteiger partial charge in [0, 0.05) is 49.9 Å². The molecule has 1 saturated heterocycles. The normalized spacial score (nSPS) is 14.1. The van der Waals surface area contributed by atoms with Gasteiger partial charge >= 0.3 is 5.69 Å². The minimum atomic E-state index is -0.574. The van der Waals surface area contributed by atoms with E-state index in [4.69, 9.17) is 33.9 Å². The van der Waals surface area contributed by atoms with E-state index in [0.29, 0.717) is 64.8 Å². The molecule has 0 radical (unpaired) electrons. The van der Waals surface area contributed by atoms with Crippen LogP contribution in [0.15, 0.2) is 42.5 Å². The SMILES string of the molecule is CN1CCN(c2ccc(N(C)CCNc3ccc([N+](=O)[O-])c(N)n3)nc2-c2ccc(Cl)cc2Cl)C(=O)C1. The second-order valence-corrected chi connectivity index (χ2v) is 9.49. The molecular weight excluding hydrogens is 519 g/mol. The number of likely N-dealkylation sites (N-methyl/N-ethyl adjacent to an activating group) is 2. The average molecular weight is 545 g/mol. The van der Waals surface area contributed by atoms with E-state index in [-0.39, 0.29) is 17.4 Å². The maximum absolute atomic E-state index is 12.8. The number of benzene rings is 1. The maximum Gasteiger partial charge on any atom is 0.311 e. The smallest absolute Gasteiger partial charge is 0.311 e. The molecule has 2 aromatic heterocycles. The van der Waals surface area contributed by atoms with Crippen molar-refractivity contribution in [2.45, 2.75) is 0 Å². The summed E-state index contributed by atoms with van der Waals surface area (Å²) in [6, 6.07) is 11.8. The number of nitrogens with one attached hydrogen (secondary N) is 1. The van der Waals surface area contributed by atoms with Gasteiger partial charge in [-0.2, -0.15) is 0 Å². The van der Waals surface area contributed by atoms with Crippen LogP contribution in [-0.4, -0.2) is 72.5 Å². The van der Waals surface area contributed by atoms with Crippen molar-refractivity contribution < 1.29 is 9.72 Å². The van der Waals surface area contributed by atoms with Gasteiger partial charge in [0.1, 0.15) is 11.6 Å². The number of piperazine rings is 1. The summed E-state index contributed by atoms with van der Waals surface area (Å²) in [5.41, 5.74) is 7.37. The van der Waals surface area contributed by atoms with Gasteiger partial charge in [-0.25, -0.2) is 9.97 Å². The van der Waals surface area contributed by atoms with Crippen LogP contribution in [0.2, 0.25) is 10.0 Å². The van der Waals surface area contributed by atoms with E-state index >= 15 is 0 Å². The second kappa shape index (κ2) is 11.2. The Hall–Kier alpha value is -3.67. The summed E-state index contributed by atoms with van der Waals surface area (Å²) in [4.78, 5) is 37.8. The molecule has 37 heavy (non-hydrogen) atoms.